The molecule has 3 aromatic heterocycles. The van der Waals surface area contributed by atoms with E-state index in [9.17, 15) is 4.79 Å². The molecule has 0 saturated carbocycles. The normalized spacial score (nSPS) is 12.5. The molecule has 0 amide bonds. The van der Waals surface area contributed by atoms with Gasteiger partial charge in [0, 0.05) is 22.4 Å². The maximum Gasteiger partial charge on any atom is 0.252 e. The van der Waals surface area contributed by atoms with Crippen molar-refractivity contribution in [1.82, 2.24) is 25.4 Å². The zero-order chi connectivity index (χ0) is 19.1. The number of aromatic nitrogens is 5. The molecule has 2 N–H and O–H groups in total. The van der Waals surface area contributed by atoms with Crippen molar-refractivity contribution in [3.63, 3.8) is 0 Å². The summed E-state index contributed by atoms with van der Waals surface area (Å²) in [7, 11) is 0. The number of rotatable bonds is 3. The van der Waals surface area contributed by atoms with Gasteiger partial charge >= 0.3 is 0 Å². The summed E-state index contributed by atoms with van der Waals surface area (Å²) in [4.78, 5) is 15.7. The number of hydrogen-bond acceptors (Lipinski definition) is 4. The number of hydrogen-bond donors (Lipinski definition) is 2. The molecule has 0 fully saturated rings. The molecule has 6 nitrogen and oxygen atoms in total. The Morgan fingerprint density at radius 1 is 0.964 bits per heavy atom. The smallest absolute Gasteiger partial charge is 0.252 e. The van der Waals surface area contributed by atoms with Crippen LogP contribution in [-0.4, -0.2) is 25.4 Å². The highest BCUT2D eigenvalue weighted by molar-refractivity contribution is 6.01. The molecule has 1 unspecified atom stereocenters. The molecule has 0 aliphatic rings. The third-order valence-electron chi connectivity index (χ3n) is 5.18. The van der Waals surface area contributed by atoms with Crippen LogP contribution in [0.2, 0.25) is 0 Å². The summed E-state index contributed by atoms with van der Waals surface area (Å²) in [5.74, 6) is -0.00161. The van der Waals surface area contributed by atoms with E-state index in [1.807, 2.05) is 48.5 Å². The molecule has 6 heteroatoms. The third kappa shape index (κ3) is 2.66. The first kappa shape index (κ1) is 16.4. The summed E-state index contributed by atoms with van der Waals surface area (Å²) in [6.45, 7) is 2.05. The van der Waals surface area contributed by atoms with Gasteiger partial charge in [-0.25, -0.2) is 0 Å². The Balaban J connectivity index is 1.70. The minimum absolute atomic E-state index is 0.00161. The van der Waals surface area contributed by atoms with E-state index in [1.165, 1.54) is 0 Å². The van der Waals surface area contributed by atoms with Crippen LogP contribution < -0.4 is 5.56 Å². The molecule has 28 heavy (non-hydrogen) atoms. The van der Waals surface area contributed by atoms with E-state index in [4.69, 9.17) is 0 Å². The third-order valence-corrected chi connectivity index (χ3v) is 5.18. The number of fused-ring (bicyclic) bond motifs is 2. The standard InChI is InChI=1S/C22H17N5O/c1-13(14-5-3-2-4-6-14)17-9-16-10-18-20(11-19(16)25-22(17)28)26-27-21(18)15-7-8-23-24-12-15/h2-13H,1H3,(H,25,28)(H,26,27). The Bertz CT molecular complexity index is 1340. The number of nitrogens with zero attached hydrogens (tertiary/aromatic N) is 3. The predicted molar refractivity (Wildman–Crippen MR) is 109 cm³/mol. The molecular formula is C22H17N5O. The Kier molecular flexibility index (Phi) is 3.76. The molecule has 5 rings (SSSR count). The fourth-order valence-corrected chi connectivity index (χ4v) is 3.63. The van der Waals surface area contributed by atoms with Crippen LogP contribution in [0.1, 0.15) is 24.0 Å². The van der Waals surface area contributed by atoms with E-state index in [1.54, 1.807) is 12.4 Å². The molecule has 0 spiro atoms. The fraction of sp³-hybridized carbons (Fsp3) is 0.0909. The minimum atomic E-state index is -0.0683. The van der Waals surface area contributed by atoms with Crippen LogP contribution in [0, 0.1) is 0 Å². The van der Waals surface area contributed by atoms with Gasteiger partial charge in [-0.05, 0) is 35.2 Å². The number of benzene rings is 2. The number of H-pyrrole nitrogens is 2. The summed E-state index contributed by atoms with van der Waals surface area (Å²) in [6, 6.07) is 17.9. The highest BCUT2D eigenvalue weighted by atomic mass is 16.1. The Morgan fingerprint density at radius 3 is 2.61 bits per heavy atom. The Hall–Kier alpha value is -3.80. The second kappa shape index (κ2) is 6.42. The summed E-state index contributed by atoms with van der Waals surface area (Å²) in [5, 5.41) is 17.2. The van der Waals surface area contributed by atoms with Crippen molar-refractivity contribution in [1.29, 1.82) is 0 Å². The van der Waals surface area contributed by atoms with E-state index < -0.39 is 0 Å². The van der Waals surface area contributed by atoms with Crippen molar-refractivity contribution in [3.8, 4) is 11.3 Å². The van der Waals surface area contributed by atoms with Crippen LogP contribution in [0.5, 0.6) is 0 Å². The zero-order valence-electron chi connectivity index (χ0n) is 15.2. The van der Waals surface area contributed by atoms with Crippen molar-refractivity contribution in [2.45, 2.75) is 12.8 Å². The van der Waals surface area contributed by atoms with Crippen LogP contribution in [0.25, 0.3) is 33.1 Å². The van der Waals surface area contributed by atoms with Gasteiger partial charge in [-0.2, -0.15) is 15.3 Å². The van der Waals surface area contributed by atoms with E-state index in [0.29, 0.717) is 0 Å². The molecule has 1 atom stereocenters. The lowest BCUT2D eigenvalue weighted by Crippen LogP contribution is -2.15. The summed E-state index contributed by atoms with van der Waals surface area (Å²) in [5.41, 5.74) is 5.14. The van der Waals surface area contributed by atoms with Gasteiger partial charge in [0.15, 0.2) is 0 Å². The highest BCUT2D eigenvalue weighted by Crippen LogP contribution is 2.30. The Labute approximate surface area is 160 Å². The van der Waals surface area contributed by atoms with Gasteiger partial charge in [0.25, 0.3) is 5.56 Å². The lowest BCUT2D eigenvalue weighted by molar-refractivity contribution is 0.901. The number of pyridine rings is 1. The lowest BCUT2D eigenvalue weighted by Gasteiger charge is -2.12. The van der Waals surface area contributed by atoms with Gasteiger partial charge in [0.1, 0.15) is 5.69 Å². The van der Waals surface area contributed by atoms with Crippen molar-refractivity contribution >= 4 is 21.8 Å². The van der Waals surface area contributed by atoms with Crippen LogP contribution in [0.3, 0.4) is 0 Å². The monoisotopic (exact) mass is 367 g/mol. The predicted octanol–water partition coefficient (Wildman–Crippen LogP) is 4.01. The summed E-state index contributed by atoms with van der Waals surface area (Å²) in [6.07, 6.45) is 3.34. The first-order valence-corrected chi connectivity index (χ1v) is 9.08. The average Bonchev–Trinajstić information content (AvgIpc) is 3.15. The molecule has 0 saturated heterocycles. The molecule has 0 aliphatic heterocycles. The van der Waals surface area contributed by atoms with E-state index >= 15 is 0 Å². The van der Waals surface area contributed by atoms with Crippen LogP contribution in [-0.2, 0) is 0 Å². The van der Waals surface area contributed by atoms with Crippen LogP contribution in [0.4, 0.5) is 0 Å². The topological polar surface area (TPSA) is 87.3 Å². The molecule has 136 valence electrons. The molecule has 0 bridgehead atoms. The molecule has 3 heterocycles. The van der Waals surface area contributed by atoms with Crippen molar-refractivity contribution in [2.75, 3.05) is 0 Å². The number of nitrogens with one attached hydrogen (secondary N) is 2. The highest BCUT2D eigenvalue weighted by Gasteiger charge is 2.15. The zero-order valence-corrected chi connectivity index (χ0v) is 15.2. The SMILES string of the molecule is CC(c1ccccc1)c1cc2cc3c(-c4ccnnc4)n[nH]c3cc2[nH]c1=O. The van der Waals surface area contributed by atoms with Gasteiger partial charge in [-0.15, -0.1) is 0 Å². The van der Waals surface area contributed by atoms with E-state index in [-0.39, 0.29) is 11.5 Å². The average molecular weight is 367 g/mol. The quantitative estimate of drug-likeness (QED) is 0.504. The summed E-state index contributed by atoms with van der Waals surface area (Å²) >= 11 is 0. The molecular weight excluding hydrogens is 350 g/mol. The van der Waals surface area contributed by atoms with E-state index in [0.717, 1.165) is 44.2 Å². The van der Waals surface area contributed by atoms with Gasteiger partial charge in [0.05, 0.1) is 23.4 Å². The second-order valence-corrected chi connectivity index (χ2v) is 6.87. The van der Waals surface area contributed by atoms with Gasteiger partial charge < -0.3 is 4.98 Å². The number of aromatic amines is 2. The van der Waals surface area contributed by atoms with Gasteiger partial charge in [0.2, 0.25) is 0 Å². The van der Waals surface area contributed by atoms with E-state index in [2.05, 4.69) is 38.4 Å². The fourth-order valence-electron chi connectivity index (χ4n) is 3.63. The Morgan fingerprint density at radius 2 is 1.82 bits per heavy atom. The maximum atomic E-state index is 12.7. The van der Waals surface area contributed by atoms with Gasteiger partial charge in [-0.3, -0.25) is 9.89 Å². The molecule has 2 aromatic carbocycles. The molecule has 0 radical (unpaired) electrons. The first-order chi connectivity index (χ1) is 13.7. The maximum absolute atomic E-state index is 12.7. The largest absolute Gasteiger partial charge is 0.322 e. The summed E-state index contributed by atoms with van der Waals surface area (Å²) < 4.78 is 0. The molecule has 0 aliphatic carbocycles. The van der Waals surface area contributed by atoms with Crippen LogP contribution >= 0.6 is 0 Å². The van der Waals surface area contributed by atoms with Crippen molar-refractivity contribution < 1.29 is 0 Å². The van der Waals surface area contributed by atoms with Crippen molar-refractivity contribution in [2.24, 2.45) is 0 Å². The first-order valence-electron chi connectivity index (χ1n) is 9.08. The molecule has 5 aromatic rings. The van der Waals surface area contributed by atoms with Gasteiger partial charge in [-0.1, -0.05) is 37.3 Å². The minimum Gasteiger partial charge on any atom is -0.322 e. The van der Waals surface area contributed by atoms with Crippen molar-refractivity contribution in [3.05, 3.63) is 88.5 Å². The van der Waals surface area contributed by atoms with Crippen LogP contribution in [0.15, 0.2) is 71.8 Å². The lowest BCUT2D eigenvalue weighted by atomic mass is 9.93. The second-order valence-electron chi connectivity index (χ2n) is 6.87.